The highest BCUT2D eigenvalue weighted by Crippen LogP contribution is 2.24. The van der Waals surface area contributed by atoms with Gasteiger partial charge in [0.25, 0.3) is 0 Å². The van der Waals surface area contributed by atoms with Crippen molar-refractivity contribution in [1.82, 2.24) is 5.32 Å². The molecule has 0 aliphatic carbocycles. The first-order valence-electron chi connectivity index (χ1n) is 5.39. The van der Waals surface area contributed by atoms with Crippen molar-refractivity contribution in [3.05, 3.63) is 34.3 Å². The molecule has 2 unspecified atom stereocenters. The van der Waals surface area contributed by atoms with E-state index in [1.165, 1.54) is 25.3 Å². The number of benzene rings is 1. The van der Waals surface area contributed by atoms with E-state index in [-0.39, 0.29) is 17.1 Å². The number of hydrogen-bond acceptors (Lipinski definition) is 5. The molecular formula is C12H16ClNO4. The monoisotopic (exact) mass is 273 g/mol. The van der Waals surface area contributed by atoms with Crippen molar-refractivity contribution in [1.29, 1.82) is 0 Å². The molecule has 0 aliphatic heterocycles. The molecule has 0 amide bonds. The minimum absolute atomic E-state index is 0.176. The Labute approximate surface area is 110 Å². The van der Waals surface area contributed by atoms with Gasteiger partial charge in [0.1, 0.15) is 6.10 Å². The molecule has 1 rings (SSSR count). The summed E-state index contributed by atoms with van der Waals surface area (Å²) in [7, 11) is 2.93. The first-order valence-corrected chi connectivity index (χ1v) is 5.77. The fraction of sp³-hybridized carbons (Fsp3) is 0.417. The van der Waals surface area contributed by atoms with Crippen LogP contribution in [-0.2, 0) is 4.74 Å². The summed E-state index contributed by atoms with van der Waals surface area (Å²) < 4.78 is 4.56. The van der Waals surface area contributed by atoms with Crippen molar-refractivity contribution in [2.45, 2.75) is 12.2 Å². The van der Waals surface area contributed by atoms with Crippen LogP contribution in [0.2, 0.25) is 5.02 Å². The SMILES string of the molecule is CNCC(O)C(O)c1ccc(C(=O)OC)c(Cl)c1. The zero-order chi connectivity index (χ0) is 13.7. The Bertz CT molecular complexity index is 425. The average molecular weight is 274 g/mol. The number of aliphatic hydroxyl groups excluding tert-OH is 2. The summed E-state index contributed by atoms with van der Waals surface area (Å²) in [6, 6.07) is 4.43. The fourth-order valence-corrected chi connectivity index (χ4v) is 1.80. The van der Waals surface area contributed by atoms with E-state index in [0.717, 1.165) is 0 Å². The highest BCUT2D eigenvalue weighted by molar-refractivity contribution is 6.33. The molecular weight excluding hydrogens is 258 g/mol. The molecule has 5 nitrogen and oxygen atoms in total. The number of methoxy groups -OCH3 is 1. The Morgan fingerprint density at radius 1 is 1.50 bits per heavy atom. The summed E-state index contributed by atoms with van der Waals surface area (Å²) in [6.07, 6.45) is -2.02. The van der Waals surface area contributed by atoms with Crippen LogP contribution < -0.4 is 5.32 Å². The summed E-state index contributed by atoms with van der Waals surface area (Å²) in [5, 5.41) is 22.4. The van der Waals surface area contributed by atoms with Gasteiger partial charge in [0.15, 0.2) is 0 Å². The lowest BCUT2D eigenvalue weighted by Gasteiger charge is -2.18. The molecule has 6 heteroatoms. The van der Waals surface area contributed by atoms with Crippen molar-refractivity contribution < 1.29 is 19.7 Å². The topological polar surface area (TPSA) is 78.8 Å². The molecule has 0 heterocycles. The van der Waals surface area contributed by atoms with Gasteiger partial charge in [0, 0.05) is 6.54 Å². The zero-order valence-corrected chi connectivity index (χ0v) is 10.9. The minimum Gasteiger partial charge on any atom is -0.465 e. The van der Waals surface area contributed by atoms with Crippen LogP contribution in [0.5, 0.6) is 0 Å². The van der Waals surface area contributed by atoms with Crippen molar-refractivity contribution in [2.24, 2.45) is 0 Å². The lowest BCUT2D eigenvalue weighted by molar-refractivity contribution is 0.0202. The van der Waals surface area contributed by atoms with Crippen LogP contribution in [0.15, 0.2) is 18.2 Å². The number of nitrogens with one attached hydrogen (secondary N) is 1. The maximum absolute atomic E-state index is 11.3. The molecule has 0 saturated heterocycles. The van der Waals surface area contributed by atoms with E-state index in [4.69, 9.17) is 11.6 Å². The molecule has 0 fully saturated rings. The van der Waals surface area contributed by atoms with Gasteiger partial charge in [-0.2, -0.15) is 0 Å². The standard InChI is InChI=1S/C12H16ClNO4/c1-14-6-10(15)11(16)7-3-4-8(9(13)5-7)12(17)18-2/h3-5,10-11,14-16H,6H2,1-2H3. The maximum Gasteiger partial charge on any atom is 0.339 e. The number of esters is 1. The lowest BCUT2D eigenvalue weighted by Crippen LogP contribution is -2.29. The molecule has 0 spiro atoms. The van der Waals surface area contributed by atoms with E-state index in [2.05, 4.69) is 10.1 Å². The lowest BCUT2D eigenvalue weighted by atomic mass is 10.0. The van der Waals surface area contributed by atoms with Crippen molar-refractivity contribution in [2.75, 3.05) is 20.7 Å². The van der Waals surface area contributed by atoms with Gasteiger partial charge in [-0.1, -0.05) is 17.7 Å². The van der Waals surface area contributed by atoms with Crippen molar-refractivity contribution in [3.63, 3.8) is 0 Å². The molecule has 0 bridgehead atoms. The molecule has 1 aromatic rings. The van der Waals surface area contributed by atoms with Crippen LogP contribution in [0.3, 0.4) is 0 Å². The third kappa shape index (κ3) is 3.43. The molecule has 3 N–H and O–H groups in total. The molecule has 0 saturated carbocycles. The highest BCUT2D eigenvalue weighted by Gasteiger charge is 2.19. The quantitative estimate of drug-likeness (QED) is 0.690. The molecule has 2 atom stereocenters. The van der Waals surface area contributed by atoms with E-state index in [1.54, 1.807) is 7.05 Å². The molecule has 0 radical (unpaired) electrons. The summed E-state index contributed by atoms with van der Waals surface area (Å²) in [5.74, 6) is -0.545. The van der Waals surface area contributed by atoms with E-state index in [9.17, 15) is 15.0 Å². The summed E-state index contributed by atoms with van der Waals surface area (Å²) in [6.45, 7) is 0.248. The van der Waals surface area contributed by atoms with E-state index >= 15 is 0 Å². The van der Waals surface area contributed by atoms with Gasteiger partial charge in [0.05, 0.1) is 23.8 Å². The van der Waals surface area contributed by atoms with Crippen LogP contribution in [0.1, 0.15) is 22.0 Å². The number of halogens is 1. The van der Waals surface area contributed by atoms with Gasteiger partial charge in [-0.15, -0.1) is 0 Å². The van der Waals surface area contributed by atoms with E-state index in [0.29, 0.717) is 5.56 Å². The number of rotatable bonds is 5. The molecule has 0 aliphatic rings. The predicted molar refractivity (Wildman–Crippen MR) is 67.7 cm³/mol. The summed E-state index contributed by atoms with van der Waals surface area (Å²) in [5.41, 5.74) is 0.661. The number of aliphatic hydroxyl groups is 2. The second-order valence-corrected chi connectivity index (χ2v) is 4.21. The summed E-state index contributed by atoms with van der Waals surface area (Å²) >= 11 is 5.92. The molecule has 1 aromatic carbocycles. The minimum atomic E-state index is -1.07. The van der Waals surface area contributed by atoms with Crippen LogP contribution in [0.4, 0.5) is 0 Å². The Hall–Kier alpha value is -1.14. The van der Waals surface area contributed by atoms with Gasteiger partial charge in [-0.05, 0) is 24.7 Å². The normalized spacial score (nSPS) is 14.1. The number of carbonyl (C=O) groups is 1. The molecule has 18 heavy (non-hydrogen) atoms. The Morgan fingerprint density at radius 2 is 2.17 bits per heavy atom. The Kier molecular flexibility index (Phi) is 5.55. The van der Waals surface area contributed by atoms with Gasteiger partial charge in [-0.25, -0.2) is 4.79 Å². The van der Waals surface area contributed by atoms with Gasteiger partial charge >= 0.3 is 5.97 Å². The van der Waals surface area contributed by atoms with Crippen LogP contribution in [0.25, 0.3) is 0 Å². The molecule has 0 aromatic heterocycles. The fourth-order valence-electron chi connectivity index (χ4n) is 1.53. The van der Waals surface area contributed by atoms with Crippen LogP contribution in [0, 0.1) is 0 Å². The highest BCUT2D eigenvalue weighted by atomic mass is 35.5. The largest absolute Gasteiger partial charge is 0.465 e. The molecule has 100 valence electrons. The van der Waals surface area contributed by atoms with Gasteiger partial charge in [-0.3, -0.25) is 0 Å². The van der Waals surface area contributed by atoms with E-state index in [1.807, 2.05) is 0 Å². The Morgan fingerprint density at radius 3 is 2.67 bits per heavy atom. The second-order valence-electron chi connectivity index (χ2n) is 3.80. The second kappa shape index (κ2) is 6.70. The smallest absolute Gasteiger partial charge is 0.339 e. The Balaban J connectivity index is 2.93. The van der Waals surface area contributed by atoms with Crippen molar-refractivity contribution >= 4 is 17.6 Å². The number of hydrogen-bond donors (Lipinski definition) is 3. The maximum atomic E-state index is 11.3. The number of likely N-dealkylation sites (N-methyl/N-ethyl adjacent to an activating group) is 1. The van der Waals surface area contributed by atoms with Gasteiger partial charge in [0.2, 0.25) is 0 Å². The van der Waals surface area contributed by atoms with Crippen LogP contribution >= 0.6 is 11.6 Å². The first kappa shape index (κ1) is 14.9. The van der Waals surface area contributed by atoms with Gasteiger partial charge < -0.3 is 20.3 Å². The predicted octanol–water partition coefficient (Wildman–Crippen LogP) is 0.740. The number of carbonyl (C=O) groups excluding carboxylic acids is 1. The average Bonchev–Trinajstić information content (AvgIpc) is 2.37. The first-order chi connectivity index (χ1) is 8.51. The number of ether oxygens (including phenoxy) is 1. The van der Waals surface area contributed by atoms with Crippen LogP contribution in [-0.4, -0.2) is 43.0 Å². The third-order valence-electron chi connectivity index (χ3n) is 2.52. The zero-order valence-electron chi connectivity index (χ0n) is 10.2. The third-order valence-corrected chi connectivity index (χ3v) is 2.83. The van der Waals surface area contributed by atoms with Crippen molar-refractivity contribution in [3.8, 4) is 0 Å². The summed E-state index contributed by atoms with van der Waals surface area (Å²) in [4.78, 5) is 11.3. The van der Waals surface area contributed by atoms with E-state index < -0.39 is 18.2 Å².